The number of alkyl halides is 3. The van der Waals surface area contributed by atoms with E-state index in [4.69, 9.17) is 15.0 Å². The molecule has 2 heterocycles. The minimum atomic E-state index is -4.61. The lowest BCUT2D eigenvalue weighted by Gasteiger charge is -2.32. The predicted molar refractivity (Wildman–Crippen MR) is 84.8 cm³/mol. The van der Waals surface area contributed by atoms with Crippen molar-refractivity contribution >= 4 is 19.0 Å². The predicted octanol–water partition coefficient (Wildman–Crippen LogP) is 2.69. The minimum absolute atomic E-state index is 0.148. The van der Waals surface area contributed by atoms with Gasteiger partial charge in [-0.15, -0.1) is 0 Å². The number of anilines is 1. The summed E-state index contributed by atoms with van der Waals surface area (Å²) in [5.41, 5.74) is 3.46. The maximum atomic E-state index is 12.9. The van der Waals surface area contributed by atoms with Gasteiger partial charge in [-0.1, -0.05) is 6.08 Å². The minimum Gasteiger partial charge on any atom is -0.400 e. The van der Waals surface area contributed by atoms with Crippen molar-refractivity contribution in [3.8, 4) is 0 Å². The Balaban J connectivity index is 2.36. The van der Waals surface area contributed by atoms with Crippen LogP contribution in [0.2, 0.25) is 0 Å². The van der Waals surface area contributed by atoms with Crippen LogP contribution in [0.25, 0.3) is 6.08 Å². The molecule has 0 amide bonds. The summed E-state index contributed by atoms with van der Waals surface area (Å²) < 4.78 is 50.3. The van der Waals surface area contributed by atoms with Gasteiger partial charge in [-0.2, -0.15) is 13.2 Å². The number of nitrogens with zero attached hydrogens (tertiary/aromatic N) is 1. The third-order valence-corrected chi connectivity index (χ3v) is 4.34. The lowest BCUT2D eigenvalue weighted by Crippen LogP contribution is -2.41. The van der Waals surface area contributed by atoms with Gasteiger partial charge in [0.15, 0.2) is 0 Å². The standard InChI is InChI=1S/C15H20BF3N2O3/c1-13(2)14(3,4)24-16(23-13)10(8-22)5-9-6-11(15(17,18)19)12(20)21-7-9/h5-7,22H,8H2,1-4H3,(H2,20,21). The summed E-state index contributed by atoms with van der Waals surface area (Å²) in [5, 5.41) is 9.58. The average Bonchev–Trinajstić information content (AvgIpc) is 2.65. The molecule has 1 aliphatic heterocycles. The molecule has 24 heavy (non-hydrogen) atoms. The van der Waals surface area contributed by atoms with Crippen molar-refractivity contribution in [3.05, 3.63) is 28.9 Å². The zero-order valence-corrected chi connectivity index (χ0v) is 13.9. The number of halogens is 3. The first-order chi connectivity index (χ1) is 10.9. The van der Waals surface area contributed by atoms with E-state index in [9.17, 15) is 18.3 Å². The van der Waals surface area contributed by atoms with E-state index in [1.165, 1.54) is 12.3 Å². The van der Waals surface area contributed by atoms with Crippen LogP contribution in [-0.4, -0.2) is 35.0 Å². The molecule has 1 fully saturated rings. The highest BCUT2D eigenvalue weighted by Crippen LogP contribution is 2.39. The summed E-state index contributed by atoms with van der Waals surface area (Å²) in [7, 11) is -0.855. The van der Waals surface area contributed by atoms with Gasteiger partial charge >= 0.3 is 13.3 Å². The van der Waals surface area contributed by atoms with Gasteiger partial charge < -0.3 is 20.1 Å². The van der Waals surface area contributed by atoms with E-state index in [2.05, 4.69) is 4.98 Å². The van der Waals surface area contributed by atoms with E-state index >= 15 is 0 Å². The molecule has 0 spiro atoms. The highest BCUT2D eigenvalue weighted by molar-refractivity contribution is 6.55. The smallest absolute Gasteiger partial charge is 0.400 e. The number of rotatable bonds is 3. The molecule has 5 nitrogen and oxygen atoms in total. The fourth-order valence-corrected chi connectivity index (χ4v) is 2.19. The molecular weight excluding hydrogens is 324 g/mol. The van der Waals surface area contributed by atoms with Crippen LogP contribution >= 0.6 is 0 Å². The van der Waals surface area contributed by atoms with E-state index in [0.29, 0.717) is 5.47 Å². The number of nitrogens with two attached hydrogens (primary N) is 1. The third kappa shape index (κ3) is 3.58. The fraction of sp³-hybridized carbons (Fsp3) is 0.533. The van der Waals surface area contributed by atoms with Crippen LogP contribution in [-0.2, 0) is 15.5 Å². The van der Waals surface area contributed by atoms with E-state index in [1.807, 2.05) is 27.7 Å². The zero-order chi connectivity index (χ0) is 18.3. The molecule has 0 aromatic carbocycles. The van der Waals surface area contributed by atoms with Crippen molar-refractivity contribution in [1.82, 2.24) is 4.98 Å². The lowest BCUT2D eigenvalue weighted by atomic mass is 9.77. The molecule has 1 saturated heterocycles. The van der Waals surface area contributed by atoms with Crippen LogP contribution in [0.15, 0.2) is 17.7 Å². The summed E-state index contributed by atoms with van der Waals surface area (Å²) in [4.78, 5) is 3.57. The molecule has 0 bridgehead atoms. The molecule has 1 aromatic rings. The second-order valence-electron chi connectivity index (χ2n) is 6.66. The van der Waals surface area contributed by atoms with Gasteiger partial charge in [0, 0.05) is 6.20 Å². The van der Waals surface area contributed by atoms with Crippen molar-refractivity contribution in [2.45, 2.75) is 45.1 Å². The first-order valence-electron chi connectivity index (χ1n) is 7.37. The SMILES string of the molecule is CC1(C)OB(C(=Cc2cnc(N)c(C(F)(F)F)c2)CO)OC1(C)C. The number of pyridine rings is 1. The first kappa shape index (κ1) is 18.8. The number of aromatic nitrogens is 1. The molecule has 1 aromatic heterocycles. The maximum absolute atomic E-state index is 12.9. The molecule has 2 rings (SSSR count). The maximum Gasteiger partial charge on any atom is 0.492 e. The van der Waals surface area contributed by atoms with E-state index < -0.39 is 42.5 Å². The molecular formula is C15H20BF3N2O3. The van der Waals surface area contributed by atoms with Gasteiger partial charge in [0.25, 0.3) is 0 Å². The molecule has 132 valence electrons. The van der Waals surface area contributed by atoms with E-state index in [1.54, 1.807) is 0 Å². The normalized spacial score (nSPS) is 20.5. The number of hydrogen-bond donors (Lipinski definition) is 2. The molecule has 0 unspecified atom stereocenters. The average molecular weight is 344 g/mol. The van der Waals surface area contributed by atoms with Crippen molar-refractivity contribution < 1.29 is 27.6 Å². The number of aliphatic hydroxyl groups is 1. The quantitative estimate of drug-likeness (QED) is 0.825. The number of aliphatic hydroxyl groups excluding tert-OH is 1. The topological polar surface area (TPSA) is 77.6 Å². The first-order valence-corrected chi connectivity index (χ1v) is 7.37. The van der Waals surface area contributed by atoms with Gasteiger partial charge in [-0.05, 0) is 44.8 Å². The second-order valence-corrected chi connectivity index (χ2v) is 6.66. The van der Waals surface area contributed by atoms with Gasteiger partial charge in [0.1, 0.15) is 5.82 Å². The Bertz CT molecular complexity index is 644. The molecule has 3 N–H and O–H groups in total. The lowest BCUT2D eigenvalue weighted by molar-refractivity contribution is -0.137. The van der Waals surface area contributed by atoms with E-state index in [0.717, 1.165) is 6.07 Å². The van der Waals surface area contributed by atoms with Crippen LogP contribution in [0.3, 0.4) is 0 Å². The summed E-state index contributed by atoms with van der Waals surface area (Å²) >= 11 is 0. The van der Waals surface area contributed by atoms with Crippen LogP contribution in [0.5, 0.6) is 0 Å². The number of nitrogen functional groups attached to an aromatic ring is 1. The monoisotopic (exact) mass is 344 g/mol. The molecule has 0 aliphatic carbocycles. The molecule has 0 radical (unpaired) electrons. The van der Waals surface area contributed by atoms with Crippen LogP contribution < -0.4 is 5.73 Å². The van der Waals surface area contributed by atoms with Gasteiger partial charge in [0.2, 0.25) is 0 Å². The van der Waals surface area contributed by atoms with Crippen molar-refractivity contribution in [3.63, 3.8) is 0 Å². The summed E-state index contributed by atoms with van der Waals surface area (Å²) in [6, 6.07) is 0.878. The van der Waals surface area contributed by atoms with E-state index in [-0.39, 0.29) is 5.56 Å². The Morgan fingerprint density at radius 1 is 1.29 bits per heavy atom. The van der Waals surface area contributed by atoms with Crippen LogP contribution in [0, 0.1) is 0 Å². The number of hydrogen-bond acceptors (Lipinski definition) is 5. The summed E-state index contributed by atoms with van der Waals surface area (Å²) in [6.45, 7) is 6.94. The molecule has 0 atom stereocenters. The zero-order valence-electron chi connectivity index (χ0n) is 13.9. The molecule has 9 heteroatoms. The Labute approximate surface area is 138 Å². The fourth-order valence-electron chi connectivity index (χ4n) is 2.19. The molecule has 0 saturated carbocycles. The Morgan fingerprint density at radius 2 is 1.83 bits per heavy atom. The highest BCUT2D eigenvalue weighted by Gasteiger charge is 2.52. The van der Waals surface area contributed by atoms with Crippen LogP contribution in [0.1, 0.15) is 38.8 Å². The van der Waals surface area contributed by atoms with Crippen molar-refractivity contribution in [2.75, 3.05) is 12.3 Å². The van der Waals surface area contributed by atoms with Crippen LogP contribution in [0.4, 0.5) is 19.0 Å². The Kier molecular flexibility index (Phi) is 4.73. The largest absolute Gasteiger partial charge is 0.492 e. The third-order valence-electron chi connectivity index (χ3n) is 4.34. The highest BCUT2D eigenvalue weighted by atomic mass is 19.4. The van der Waals surface area contributed by atoms with Gasteiger partial charge in [-0.3, -0.25) is 0 Å². The Morgan fingerprint density at radius 3 is 2.29 bits per heavy atom. The molecule has 1 aliphatic rings. The Hall–Kier alpha value is -1.58. The summed E-state index contributed by atoms with van der Waals surface area (Å²) in [6.07, 6.45) is -2.04. The van der Waals surface area contributed by atoms with Crippen molar-refractivity contribution in [1.29, 1.82) is 0 Å². The van der Waals surface area contributed by atoms with Gasteiger partial charge in [0.05, 0.1) is 23.4 Å². The summed E-state index contributed by atoms with van der Waals surface area (Å²) in [5.74, 6) is -0.596. The van der Waals surface area contributed by atoms with Crippen molar-refractivity contribution in [2.24, 2.45) is 0 Å². The second kappa shape index (κ2) is 6.05. The van der Waals surface area contributed by atoms with Gasteiger partial charge in [-0.25, -0.2) is 4.98 Å².